The van der Waals surface area contributed by atoms with E-state index in [1.165, 1.54) is 10.8 Å². The van der Waals surface area contributed by atoms with Gasteiger partial charge in [0.05, 0.1) is 12.6 Å². The molecule has 0 aromatic heterocycles. The maximum absolute atomic E-state index is 6.06. The number of ether oxygens (including phenoxy) is 2. The second kappa shape index (κ2) is 6.63. The number of nitrogens with zero attached hydrogens (tertiary/aromatic N) is 1. The Morgan fingerprint density at radius 2 is 1.41 bits per heavy atom. The summed E-state index contributed by atoms with van der Waals surface area (Å²) in [7, 11) is 1.73. The molecule has 29 heavy (non-hydrogen) atoms. The summed E-state index contributed by atoms with van der Waals surface area (Å²) in [6.45, 7) is 4.78. The molecule has 5 rings (SSSR count). The van der Waals surface area contributed by atoms with Crippen LogP contribution in [-0.4, -0.2) is 25.2 Å². The first-order valence-electron chi connectivity index (χ1n) is 9.88. The van der Waals surface area contributed by atoms with Crippen molar-refractivity contribution in [3.8, 4) is 16.9 Å². The summed E-state index contributed by atoms with van der Waals surface area (Å²) in [6, 6.07) is 25.3. The minimum Gasteiger partial charge on any atom is -0.496 e. The van der Waals surface area contributed by atoms with Gasteiger partial charge in [-0.3, -0.25) is 0 Å². The topological polar surface area (TPSA) is 30.8 Å². The predicted molar refractivity (Wildman–Crippen MR) is 120 cm³/mol. The Hall–Kier alpha value is -3.33. The van der Waals surface area contributed by atoms with Crippen molar-refractivity contribution in [3.05, 3.63) is 78.4 Å². The lowest BCUT2D eigenvalue weighted by Gasteiger charge is -2.18. The zero-order chi connectivity index (χ0) is 20.0. The van der Waals surface area contributed by atoms with Crippen molar-refractivity contribution in [2.24, 2.45) is 4.99 Å². The third-order valence-electron chi connectivity index (χ3n) is 5.49. The Balaban J connectivity index is 1.93. The van der Waals surface area contributed by atoms with Gasteiger partial charge in [-0.1, -0.05) is 60.7 Å². The molecule has 1 aliphatic heterocycles. The first-order chi connectivity index (χ1) is 14.1. The summed E-state index contributed by atoms with van der Waals surface area (Å²) in [5.41, 5.74) is 2.96. The molecule has 0 saturated heterocycles. The molecule has 144 valence electrons. The van der Waals surface area contributed by atoms with E-state index in [-0.39, 0.29) is 5.54 Å². The van der Waals surface area contributed by atoms with Gasteiger partial charge in [-0.15, -0.1) is 0 Å². The molecule has 0 saturated carbocycles. The fourth-order valence-corrected chi connectivity index (χ4v) is 4.12. The van der Waals surface area contributed by atoms with Gasteiger partial charge in [0.1, 0.15) is 12.4 Å². The molecule has 0 unspecified atom stereocenters. The highest BCUT2D eigenvalue weighted by atomic mass is 16.5. The summed E-state index contributed by atoms with van der Waals surface area (Å²) in [5.74, 6) is 1.55. The van der Waals surface area contributed by atoms with E-state index in [2.05, 4.69) is 80.6 Å². The van der Waals surface area contributed by atoms with E-state index in [1.807, 2.05) is 6.07 Å². The largest absolute Gasteiger partial charge is 0.496 e. The monoisotopic (exact) mass is 381 g/mol. The van der Waals surface area contributed by atoms with Gasteiger partial charge in [-0.25, -0.2) is 4.99 Å². The number of hydrogen-bond acceptors (Lipinski definition) is 3. The standard InChI is InChI=1S/C26H23NO2/c1-26(2)16-29-25(27-26)21-14-12-17-8-4-6-10-19(17)23(21)24-20-11-7-5-9-18(20)13-15-22(24)28-3/h4-15H,16H2,1-3H3. The highest BCUT2D eigenvalue weighted by molar-refractivity contribution is 6.15. The molecule has 0 aliphatic carbocycles. The Kier molecular flexibility index (Phi) is 4.06. The van der Waals surface area contributed by atoms with Gasteiger partial charge in [-0.2, -0.15) is 0 Å². The Morgan fingerprint density at radius 1 is 0.793 bits per heavy atom. The Bertz CT molecular complexity index is 1270. The van der Waals surface area contributed by atoms with Gasteiger partial charge in [-0.05, 0) is 47.5 Å². The summed E-state index contributed by atoms with van der Waals surface area (Å²) >= 11 is 0. The zero-order valence-corrected chi connectivity index (χ0v) is 16.9. The third-order valence-corrected chi connectivity index (χ3v) is 5.49. The van der Waals surface area contributed by atoms with Crippen molar-refractivity contribution in [1.82, 2.24) is 0 Å². The van der Waals surface area contributed by atoms with Crippen LogP contribution in [-0.2, 0) is 4.74 Å². The fourth-order valence-electron chi connectivity index (χ4n) is 4.12. The SMILES string of the molecule is COc1ccc2ccccc2c1-c1c(C2=NC(C)(C)CO2)ccc2ccccc12. The van der Waals surface area contributed by atoms with Crippen molar-refractivity contribution in [3.63, 3.8) is 0 Å². The molecule has 0 bridgehead atoms. The Labute approximate surface area is 170 Å². The molecule has 0 atom stereocenters. The maximum Gasteiger partial charge on any atom is 0.217 e. The smallest absolute Gasteiger partial charge is 0.217 e. The molecule has 0 spiro atoms. The van der Waals surface area contributed by atoms with E-state index in [0.29, 0.717) is 12.5 Å². The average Bonchev–Trinajstić information content (AvgIpc) is 3.11. The molecular weight excluding hydrogens is 358 g/mol. The van der Waals surface area contributed by atoms with E-state index in [4.69, 9.17) is 14.5 Å². The second-order valence-electron chi connectivity index (χ2n) is 8.09. The van der Waals surface area contributed by atoms with Gasteiger partial charge >= 0.3 is 0 Å². The van der Waals surface area contributed by atoms with E-state index >= 15 is 0 Å². The lowest BCUT2D eigenvalue weighted by atomic mass is 9.89. The van der Waals surface area contributed by atoms with Gasteiger partial charge in [0.15, 0.2) is 0 Å². The Morgan fingerprint density at radius 3 is 2.03 bits per heavy atom. The van der Waals surface area contributed by atoms with Crippen LogP contribution in [0.4, 0.5) is 0 Å². The first-order valence-corrected chi connectivity index (χ1v) is 9.88. The maximum atomic E-state index is 6.06. The normalized spacial score (nSPS) is 15.3. The number of aliphatic imine (C=N–C) groups is 1. The molecule has 0 radical (unpaired) electrons. The van der Waals surface area contributed by atoms with Crippen LogP contribution in [0.2, 0.25) is 0 Å². The average molecular weight is 381 g/mol. The molecule has 1 heterocycles. The lowest BCUT2D eigenvalue weighted by molar-refractivity contribution is 0.279. The van der Waals surface area contributed by atoms with Crippen molar-refractivity contribution in [2.45, 2.75) is 19.4 Å². The van der Waals surface area contributed by atoms with Crippen LogP contribution in [0.3, 0.4) is 0 Å². The van der Waals surface area contributed by atoms with Gasteiger partial charge in [0, 0.05) is 16.7 Å². The molecule has 1 aliphatic rings. The first kappa shape index (κ1) is 17.7. The van der Waals surface area contributed by atoms with Gasteiger partial charge in [0.2, 0.25) is 5.90 Å². The summed E-state index contributed by atoms with van der Waals surface area (Å²) in [5, 5.41) is 4.67. The van der Waals surface area contributed by atoms with Crippen LogP contribution in [0.5, 0.6) is 5.75 Å². The highest BCUT2D eigenvalue weighted by Gasteiger charge is 2.30. The molecule has 3 nitrogen and oxygen atoms in total. The minimum atomic E-state index is -0.221. The molecular formula is C26H23NO2. The van der Waals surface area contributed by atoms with Gasteiger partial charge in [0.25, 0.3) is 0 Å². The third kappa shape index (κ3) is 2.94. The summed E-state index contributed by atoms with van der Waals surface area (Å²) < 4.78 is 11.9. The van der Waals surface area contributed by atoms with Crippen LogP contribution in [0.1, 0.15) is 19.4 Å². The van der Waals surface area contributed by atoms with Crippen LogP contribution >= 0.6 is 0 Å². The highest BCUT2D eigenvalue weighted by Crippen LogP contribution is 2.43. The van der Waals surface area contributed by atoms with E-state index < -0.39 is 0 Å². The second-order valence-corrected chi connectivity index (χ2v) is 8.09. The molecule has 0 amide bonds. The van der Waals surface area contributed by atoms with Crippen LogP contribution < -0.4 is 4.74 Å². The van der Waals surface area contributed by atoms with Crippen LogP contribution in [0, 0.1) is 0 Å². The number of rotatable bonds is 3. The summed E-state index contributed by atoms with van der Waals surface area (Å²) in [4.78, 5) is 4.87. The molecule has 0 fully saturated rings. The van der Waals surface area contributed by atoms with E-state index in [0.717, 1.165) is 33.2 Å². The lowest BCUT2D eigenvalue weighted by Crippen LogP contribution is -2.17. The molecule has 3 heteroatoms. The fraction of sp³-hybridized carbons (Fsp3) is 0.192. The zero-order valence-electron chi connectivity index (χ0n) is 16.9. The van der Waals surface area contributed by atoms with Crippen molar-refractivity contribution in [1.29, 1.82) is 0 Å². The van der Waals surface area contributed by atoms with Crippen LogP contribution in [0.15, 0.2) is 77.8 Å². The number of hydrogen-bond donors (Lipinski definition) is 0. The molecule has 4 aromatic carbocycles. The van der Waals surface area contributed by atoms with E-state index in [9.17, 15) is 0 Å². The van der Waals surface area contributed by atoms with Crippen molar-refractivity contribution < 1.29 is 9.47 Å². The molecule has 0 N–H and O–H groups in total. The number of fused-ring (bicyclic) bond motifs is 2. The number of methoxy groups -OCH3 is 1. The summed E-state index contributed by atoms with van der Waals surface area (Å²) in [6.07, 6.45) is 0. The number of benzene rings is 4. The van der Waals surface area contributed by atoms with E-state index in [1.54, 1.807) is 7.11 Å². The minimum absolute atomic E-state index is 0.221. The van der Waals surface area contributed by atoms with Crippen molar-refractivity contribution >= 4 is 27.4 Å². The van der Waals surface area contributed by atoms with Crippen molar-refractivity contribution in [2.75, 3.05) is 13.7 Å². The van der Waals surface area contributed by atoms with Crippen LogP contribution in [0.25, 0.3) is 32.7 Å². The predicted octanol–water partition coefficient (Wildman–Crippen LogP) is 6.22. The van der Waals surface area contributed by atoms with Gasteiger partial charge < -0.3 is 9.47 Å². The molecule has 4 aromatic rings. The quantitative estimate of drug-likeness (QED) is 0.421.